The first-order valence-electron chi connectivity index (χ1n) is 8.05. The van der Waals surface area contributed by atoms with Crippen molar-refractivity contribution in [2.24, 2.45) is 7.05 Å². The van der Waals surface area contributed by atoms with Crippen LogP contribution in [0.5, 0.6) is 0 Å². The maximum Gasteiger partial charge on any atom is 0.191 e. The van der Waals surface area contributed by atoms with Gasteiger partial charge in [-0.2, -0.15) is 5.10 Å². The highest BCUT2D eigenvalue weighted by Crippen LogP contribution is 2.33. The summed E-state index contributed by atoms with van der Waals surface area (Å²) >= 11 is 1.59. The van der Waals surface area contributed by atoms with Crippen LogP contribution in [0.4, 0.5) is 0 Å². The number of pyridine rings is 2. The molecule has 0 aliphatic rings. The lowest BCUT2D eigenvalue weighted by molar-refractivity contribution is 0.770. The molecule has 4 heterocycles. The molecule has 5 rings (SSSR count). The zero-order valence-electron chi connectivity index (χ0n) is 13.8. The van der Waals surface area contributed by atoms with Gasteiger partial charge < -0.3 is 4.98 Å². The first-order chi connectivity index (χ1) is 12.7. The third kappa shape index (κ3) is 2.33. The number of nitrogens with zero attached hydrogens (tertiary/aromatic N) is 4. The van der Waals surface area contributed by atoms with E-state index in [2.05, 4.69) is 21.1 Å². The van der Waals surface area contributed by atoms with E-state index in [0.29, 0.717) is 11.0 Å². The number of aromatic nitrogens is 5. The molecule has 1 aromatic carbocycles. The highest BCUT2D eigenvalue weighted by Gasteiger charge is 2.15. The molecule has 1 N–H and O–H groups in total. The van der Waals surface area contributed by atoms with Crippen molar-refractivity contribution in [1.29, 1.82) is 0 Å². The second-order valence-corrected chi connectivity index (χ2v) is 6.92. The maximum absolute atomic E-state index is 12.3. The van der Waals surface area contributed by atoms with E-state index in [1.807, 2.05) is 43.0 Å². The number of aryl methyl sites for hydroxylation is 1. The molecule has 0 atom stereocenters. The van der Waals surface area contributed by atoms with Gasteiger partial charge in [-0.3, -0.25) is 9.48 Å². The van der Waals surface area contributed by atoms with Crippen molar-refractivity contribution in [2.75, 3.05) is 0 Å². The van der Waals surface area contributed by atoms with Gasteiger partial charge >= 0.3 is 0 Å². The van der Waals surface area contributed by atoms with Gasteiger partial charge in [0.15, 0.2) is 5.43 Å². The molecule has 26 heavy (non-hydrogen) atoms. The van der Waals surface area contributed by atoms with Crippen molar-refractivity contribution < 1.29 is 0 Å². The smallest absolute Gasteiger partial charge is 0.191 e. The Morgan fingerprint density at radius 1 is 1.15 bits per heavy atom. The summed E-state index contributed by atoms with van der Waals surface area (Å²) in [7, 11) is 1.87. The van der Waals surface area contributed by atoms with Crippen LogP contribution in [0.15, 0.2) is 59.1 Å². The molecule has 0 aliphatic heterocycles. The number of hydrogen-bond acceptors (Lipinski definition) is 5. The Bertz CT molecular complexity index is 1330. The van der Waals surface area contributed by atoms with Crippen molar-refractivity contribution in [3.63, 3.8) is 0 Å². The summed E-state index contributed by atoms with van der Waals surface area (Å²) < 4.78 is 2.84. The summed E-state index contributed by atoms with van der Waals surface area (Å²) in [5.41, 5.74) is 6.66. The minimum atomic E-state index is -0.0565. The lowest BCUT2D eigenvalue weighted by Crippen LogP contribution is -2.03. The number of aromatic amines is 1. The van der Waals surface area contributed by atoms with Crippen LogP contribution in [-0.2, 0) is 7.05 Å². The quantitative estimate of drug-likeness (QED) is 0.522. The van der Waals surface area contributed by atoms with Crippen molar-refractivity contribution >= 4 is 32.6 Å². The van der Waals surface area contributed by atoms with Gasteiger partial charge in [-0.05, 0) is 29.8 Å². The van der Waals surface area contributed by atoms with E-state index >= 15 is 0 Å². The van der Waals surface area contributed by atoms with E-state index in [0.717, 1.165) is 32.7 Å². The summed E-state index contributed by atoms with van der Waals surface area (Å²) in [4.78, 5) is 24.4. The number of fused-ring (bicyclic) bond motifs is 2. The Hall–Kier alpha value is -3.32. The Labute approximate surface area is 151 Å². The van der Waals surface area contributed by atoms with Gasteiger partial charge in [-0.1, -0.05) is 6.07 Å². The largest absolute Gasteiger partial charge is 0.346 e. The fraction of sp³-hybridized carbons (Fsp3) is 0.0526. The van der Waals surface area contributed by atoms with E-state index in [9.17, 15) is 4.79 Å². The third-order valence-corrected chi connectivity index (χ3v) is 5.13. The number of hydrogen-bond donors (Lipinski definition) is 1. The topological polar surface area (TPSA) is 76.5 Å². The Morgan fingerprint density at radius 2 is 2.08 bits per heavy atom. The standard InChI is InChI=1S/C19H13N5OS/c1-24-7-5-15(23-24)18-12(9-13-16(25)4-6-20-19(13)22-18)11-2-3-14-17(8-11)26-10-21-14/h2-10H,1H3,(H,20,22,25). The summed E-state index contributed by atoms with van der Waals surface area (Å²) in [6.07, 6.45) is 3.49. The molecule has 0 bridgehead atoms. The van der Waals surface area contributed by atoms with Gasteiger partial charge in [0.2, 0.25) is 0 Å². The summed E-state index contributed by atoms with van der Waals surface area (Å²) in [5, 5.41) is 5.06. The monoisotopic (exact) mass is 359 g/mol. The molecule has 4 aromatic heterocycles. The van der Waals surface area contributed by atoms with Crippen LogP contribution in [-0.4, -0.2) is 24.7 Å². The molecule has 0 aliphatic carbocycles. The van der Waals surface area contributed by atoms with Crippen LogP contribution in [0, 0.1) is 0 Å². The highest BCUT2D eigenvalue weighted by atomic mass is 32.1. The molecule has 0 saturated heterocycles. The average molecular weight is 359 g/mol. The molecule has 0 spiro atoms. The second kappa shape index (κ2) is 5.60. The van der Waals surface area contributed by atoms with Crippen LogP contribution >= 0.6 is 11.3 Å². The number of benzene rings is 1. The minimum absolute atomic E-state index is 0.0565. The highest BCUT2D eigenvalue weighted by molar-refractivity contribution is 7.16. The molecule has 0 fully saturated rings. The van der Waals surface area contributed by atoms with E-state index < -0.39 is 0 Å². The lowest BCUT2D eigenvalue weighted by Gasteiger charge is -2.09. The van der Waals surface area contributed by atoms with Crippen molar-refractivity contribution in [3.8, 4) is 22.5 Å². The molecule has 0 unspecified atom stereocenters. The SMILES string of the molecule is Cn1ccc(-c2nc3[nH]ccc(=O)c3cc2-c2ccc3ncsc3c2)n1. The summed E-state index contributed by atoms with van der Waals surface area (Å²) in [6, 6.07) is 11.4. The van der Waals surface area contributed by atoms with Gasteiger partial charge in [0.05, 0.1) is 21.1 Å². The van der Waals surface area contributed by atoms with Crippen LogP contribution in [0.3, 0.4) is 0 Å². The normalized spacial score (nSPS) is 11.4. The molecule has 7 heteroatoms. The number of nitrogens with one attached hydrogen (secondary N) is 1. The lowest BCUT2D eigenvalue weighted by atomic mass is 10.0. The van der Waals surface area contributed by atoms with Crippen molar-refractivity contribution in [3.05, 3.63) is 64.5 Å². The fourth-order valence-electron chi connectivity index (χ4n) is 3.08. The zero-order valence-corrected chi connectivity index (χ0v) is 14.6. The molecule has 5 aromatic rings. The first-order valence-corrected chi connectivity index (χ1v) is 8.93. The number of thiazole rings is 1. The average Bonchev–Trinajstić information content (AvgIpc) is 3.29. The van der Waals surface area contributed by atoms with Crippen molar-refractivity contribution in [2.45, 2.75) is 0 Å². The number of rotatable bonds is 2. The predicted molar refractivity (Wildman–Crippen MR) is 103 cm³/mol. The van der Waals surface area contributed by atoms with Crippen LogP contribution < -0.4 is 5.43 Å². The van der Waals surface area contributed by atoms with E-state index in [-0.39, 0.29) is 5.43 Å². The second-order valence-electron chi connectivity index (χ2n) is 6.03. The van der Waals surface area contributed by atoms with Crippen LogP contribution in [0.2, 0.25) is 0 Å². The van der Waals surface area contributed by atoms with Crippen molar-refractivity contribution in [1.82, 2.24) is 24.7 Å². The molecule has 0 saturated carbocycles. The van der Waals surface area contributed by atoms with Crippen LogP contribution in [0.25, 0.3) is 43.8 Å². The van der Waals surface area contributed by atoms with Gasteiger partial charge in [-0.15, -0.1) is 11.3 Å². The molecular formula is C19H13N5OS. The molecular weight excluding hydrogens is 346 g/mol. The van der Waals surface area contributed by atoms with Gasteiger partial charge in [0.1, 0.15) is 17.0 Å². The molecule has 0 amide bonds. The maximum atomic E-state index is 12.3. The molecule has 6 nitrogen and oxygen atoms in total. The summed E-state index contributed by atoms with van der Waals surface area (Å²) in [5.74, 6) is 0. The fourth-order valence-corrected chi connectivity index (χ4v) is 3.79. The van der Waals surface area contributed by atoms with E-state index in [1.54, 1.807) is 22.2 Å². The van der Waals surface area contributed by atoms with Gasteiger partial charge in [0.25, 0.3) is 0 Å². The zero-order chi connectivity index (χ0) is 17.7. The van der Waals surface area contributed by atoms with Crippen LogP contribution in [0.1, 0.15) is 0 Å². The minimum Gasteiger partial charge on any atom is -0.346 e. The van der Waals surface area contributed by atoms with Gasteiger partial charge in [-0.25, -0.2) is 9.97 Å². The van der Waals surface area contributed by atoms with E-state index in [1.165, 1.54) is 6.07 Å². The Balaban J connectivity index is 1.86. The Morgan fingerprint density at radius 3 is 2.92 bits per heavy atom. The Kier molecular flexibility index (Phi) is 3.23. The first kappa shape index (κ1) is 15.0. The summed E-state index contributed by atoms with van der Waals surface area (Å²) in [6.45, 7) is 0. The number of H-pyrrole nitrogens is 1. The molecule has 0 radical (unpaired) electrons. The van der Waals surface area contributed by atoms with Gasteiger partial charge in [0, 0.05) is 31.1 Å². The van der Waals surface area contributed by atoms with E-state index in [4.69, 9.17) is 4.98 Å². The third-order valence-electron chi connectivity index (χ3n) is 4.34. The predicted octanol–water partition coefficient (Wildman–Crippen LogP) is 3.60. The molecule has 126 valence electrons.